The average molecular weight is 697 g/mol. The van der Waals surface area contributed by atoms with Crippen molar-refractivity contribution >= 4 is 11.9 Å². The molecule has 1 saturated carbocycles. The van der Waals surface area contributed by atoms with E-state index in [2.05, 4.69) is 51.2 Å². The van der Waals surface area contributed by atoms with Gasteiger partial charge in [-0.25, -0.2) is 4.79 Å². The zero-order valence-corrected chi connectivity index (χ0v) is 30.7. The Bertz CT molecular complexity index is 1600. The van der Waals surface area contributed by atoms with Crippen molar-refractivity contribution in [2.24, 2.45) is 5.92 Å². The fraction of sp³-hybridized carbons (Fsp3) is 0.524. The van der Waals surface area contributed by atoms with Crippen LogP contribution in [0.2, 0.25) is 0 Å². The van der Waals surface area contributed by atoms with Gasteiger partial charge in [0.2, 0.25) is 5.91 Å². The third kappa shape index (κ3) is 9.38. The Morgan fingerprint density at radius 2 is 1.59 bits per heavy atom. The number of aliphatic hydroxyl groups excluding tert-OH is 1. The van der Waals surface area contributed by atoms with E-state index < -0.39 is 6.29 Å². The number of rotatable bonds is 10. The molecule has 3 aliphatic rings. The summed E-state index contributed by atoms with van der Waals surface area (Å²) in [5.41, 5.74) is 5.66. The van der Waals surface area contributed by atoms with E-state index in [4.69, 9.17) is 9.47 Å². The lowest BCUT2D eigenvalue weighted by molar-refractivity contribution is -0.255. The standard InChI is InChI=1S/C42H56N4O5/c1-5-43-41(49)44-25-33-11-6-8-12-35(33)29-18-20-32(21-19-29)40-50-34(24-38(51-40)31-16-14-28(27-47)15-17-31)26-46-36-13-9-7-10-30(36)22-23-37(46)39(48)45-42(2,3)4/h6,8,11-12,14-21,30,34,36-38,40,47H,5,7,9-10,13,22-27H2,1-4H3,(H,45,48)(H2,43,44,49)/t30-,34-,36-,37-,38+,40+/m1/s1. The van der Waals surface area contributed by atoms with E-state index in [0.29, 0.717) is 38.0 Å². The zero-order valence-electron chi connectivity index (χ0n) is 30.7. The number of benzene rings is 3. The van der Waals surface area contributed by atoms with Gasteiger partial charge in [-0.3, -0.25) is 9.69 Å². The van der Waals surface area contributed by atoms with Crippen LogP contribution in [-0.4, -0.2) is 58.8 Å². The molecule has 51 heavy (non-hydrogen) atoms. The number of urea groups is 1. The van der Waals surface area contributed by atoms with Crippen LogP contribution in [-0.2, 0) is 27.4 Å². The molecular formula is C42H56N4O5. The first kappa shape index (κ1) is 37.0. The minimum Gasteiger partial charge on any atom is -0.392 e. The molecule has 274 valence electrons. The second-order valence-corrected chi connectivity index (χ2v) is 15.5. The second-order valence-electron chi connectivity index (χ2n) is 15.5. The summed E-state index contributed by atoms with van der Waals surface area (Å²) in [5.74, 6) is 0.727. The molecule has 1 aliphatic carbocycles. The third-order valence-electron chi connectivity index (χ3n) is 10.6. The Morgan fingerprint density at radius 3 is 2.31 bits per heavy atom. The minimum absolute atomic E-state index is 0.00677. The van der Waals surface area contributed by atoms with Crippen molar-refractivity contribution in [3.8, 4) is 11.1 Å². The van der Waals surface area contributed by atoms with Gasteiger partial charge in [0.15, 0.2) is 6.29 Å². The van der Waals surface area contributed by atoms with Crippen LogP contribution in [0.15, 0.2) is 72.8 Å². The molecule has 9 nitrogen and oxygen atoms in total. The first-order valence-electron chi connectivity index (χ1n) is 18.9. The topological polar surface area (TPSA) is 112 Å². The van der Waals surface area contributed by atoms with Crippen molar-refractivity contribution < 1.29 is 24.2 Å². The van der Waals surface area contributed by atoms with Crippen molar-refractivity contribution in [2.75, 3.05) is 13.1 Å². The van der Waals surface area contributed by atoms with Gasteiger partial charge in [-0.15, -0.1) is 0 Å². The second kappa shape index (κ2) is 16.7. The van der Waals surface area contributed by atoms with E-state index in [-0.39, 0.29) is 42.3 Å². The summed E-state index contributed by atoms with van der Waals surface area (Å²) in [4.78, 5) is 28.4. The SMILES string of the molecule is CCNC(=O)NCc1ccccc1-c1ccc([C@H]2O[C@@H](CN3[C@@H](C(=O)NC(C)(C)C)CC[C@H]4CCCC[C@H]43)C[C@@H](c3ccc(CO)cc3)O2)cc1. The number of hydrogen-bond donors (Lipinski definition) is 4. The maximum absolute atomic E-state index is 13.8. The summed E-state index contributed by atoms with van der Waals surface area (Å²) in [6.07, 6.45) is 6.47. The fourth-order valence-electron chi connectivity index (χ4n) is 8.17. The van der Waals surface area contributed by atoms with Crippen LogP contribution >= 0.6 is 0 Å². The predicted octanol–water partition coefficient (Wildman–Crippen LogP) is 7.15. The fourth-order valence-corrected chi connectivity index (χ4v) is 8.17. The van der Waals surface area contributed by atoms with Gasteiger partial charge in [0.25, 0.3) is 0 Å². The van der Waals surface area contributed by atoms with Gasteiger partial charge < -0.3 is 30.5 Å². The number of carbonyl (C=O) groups is 2. The molecule has 3 aromatic carbocycles. The molecule has 2 heterocycles. The van der Waals surface area contributed by atoms with Crippen molar-refractivity contribution in [3.63, 3.8) is 0 Å². The normalized spacial score (nSPS) is 25.4. The summed E-state index contributed by atoms with van der Waals surface area (Å²) in [6.45, 7) is 9.69. The van der Waals surface area contributed by atoms with Crippen molar-refractivity contribution in [1.29, 1.82) is 0 Å². The number of piperidine rings is 1. The molecule has 2 saturated heterocycles. The summed E-state index contributed by atoms with van der Waals surface area (Å²) in [6, 6.07) is 24.4. The van der Waals surface area contributed by atoms with Crippen LogP contribution in [0.4, 0.5) is 4.79 Å². The number of amides is 3. The largest absolute Gasteiger partial charge is 0.392 e. The first-order chi connectivity index (χ1) is 24.6. The maximum Gasteiger partial charge on any atom is 0.315 e. The van der Waals surface area contributed by atoms with Gasteiger partial charge >= 0.3 is 6.03 Å². The van der Waals surface area contributed by atoms with Crippen LogP contribution in [0.25, 0.3) is 11.1 Å². The molecule has 3 fully saturated rings. The number of ether oxygens (including phenoxy) is 2. The third-order valence-corrected chi connectivity index (χ3v) is 10.6. The molecule has 9 heteroatoms. The summed E-state index contributed by atoms with van der Waals surface area (Å²) in [5, 5.41) is 18.7. The van der Waals surface area contributed by atoms with E-state index >= 15 is 0 Å². The van der Waals surface area contributed by atoms with Crippen LogP contribution in [0, 0.1) is 5.92 Å². The molecule has 6 atom stereocenters. The van der Waals surface area contributed by atoms with Gasteiger partial charge in [-0.05, 0) is 87.1 Å². The molecule has 0 bridgehead atoms. The number of hydrogen-bond acceptors (Lipinski definition) is 6. The highest BCUT2D eigenvalue weighted by atomic mass is 16.7. The van der Waals surface area contributed by atoms with E-state index in [0.717, 1.165) is 52.6 Å². The molecule has 3 aromatic rings. The van der Waals surface area contributed by atoms with Gasteiger partial charge in [0.05, 0.1) is 24.9 Å². The van der Waals surface area contributed by atoms with Gasteiger partial charge in [-0.1, -0.05) is 85.6 Å². The Morgan fingerprint density at radius 1 is 0.863 bits per heavy atom. The number of nitrogens with zero attached hydrogens (tertiary/aromatic N) is 1. The van der Waals surface area contributed by atoms with Crippen molar-refractivity contribution in [3.05, 3.63) is 95.1 Å². The van der Waals surface area contributed by atoms with E-state index in [1.165, 1.54) is 19.3 Å². The lowest BCUT2D eigenvalue weighted by Crippen LogP contribution is -2.61. The van der Waals surface area contributed by atoms with Crippen LogP contribution in [0.5, 0.6) is 0 Å². The Labute approximate surface area is 303 Å². The Balaban J connectivity index is 1.26. The van der Waals surface area contributed by atoms with Crippen LogP contribution < -0.4 is 16.0 Å². The lowest BCUT2D eigenvalue weighted by atomic mass is 9.75. The maximum atomic E-state index is 13.8. The number of aliphatic hydroxyl groups is 1. The van der Waals surface area contributed by atoms with Crippen molar-refractivity contribution in [1.82, 2.24) is 20.9 Å². The molecule has 0 radical (unpaired) electrons. The molecule has 0 spiro atoms. The molecular weight excluding hydrogens is 640 g/mol. The van der Waals surface area contributed by atoms with Gasteiger partial charge in [0, 0.05) is 43.2 Å². The van der Waals surface area contributed by atoms with E-state index in [1.807, 2.05) is 70.2 Å². The minimum atomic E-state index is -0.594. The molecule has 3 amide bonds. The lowest BCUT2D eigenvalue weighted by Gasteiger charge is -2.50. The number of likely N-dealkylation sites (tertiary alicyclic amines) is 1. The van der Waals surface area contributed by atoms with Crippen molar-refractivity contribution in [2.45, 2.75) is 122 Å². The Hall–Kier alpha value is -3.76. The number of carbonyl (C=O) groups excluding carboxylic acids is 2. The molecule has 6 rings (SSSR count). The number of nitrogens with one attached hydrogen (secondary N) is 3. The summed E-state index contributed by atoms with van der Waals surface area (Å²) >= 11 is 0. The highest BCUT2D eigenvalue weighted by molar-refractivity contribution is 5.82. The summed E-state index contributed by atoms with van der Waals surface area (Å²) in [7, 11) is 0. The molecule has 4 N–H and O–H groups in total. The van der Waals surface area contributed by atoms with Crippen LogP contribution in [0.3, 0.4) is 0 Å². The average Bonchev–Trinajstić information content (AvgIpc) is 3.13. The van der Waals surface area contributed by atoms with E-state index in [1.54, 1.807) is 0 Å². The monoisotopic (exact) mass is 696 g/mol. The Kier molecular flexibility index (Phi) is 12.1. The van der Waals surface area contributed by atoms with Gasteiger partial charge in [-0.2, -0.15) is 0 Å². The zero-order chi connectivity index (χ0) is 36.0. The summed E-state index contributed by atoms with van der Waals surface area (Å²) < 4.78 is 13.6. The quantitative estimate of drug-likeness (QED) is 0.179. The molecule has 0 aromatic heterocycles. The van der Waals surface area contributed by atoms with Gasteiger partial charge in [0.1, 0.15) is 0 Å². The smallest absolute Gasteiger partial charge is 0.315 e. The molecule has 2 aliphatic heterocycles. The molecule has 0 unspecified atom stereocenters. The number of fused-ring (bicyclic) bond motifs is 1. The van der Waals surface area contributed by atoms with E-state index in [9.17, 15) is 14.7 Å². The highest BCUT2D eigenvalue weighted by Gasteiger charge is 2.44. The predicted molar refractivity (Wildman–Crippen MR) is 200 cm³/mol. The van der Waals surface area contributed by atoms with Crippen LogP contribution in [0.1, 0.15) is 107 Å². The highest BCUT2D eigenvalue weighted by Crippen LogP contribution is 2.42. The first-order valence-corrected chi connectivity index (χ1v) is 18.9.